The fourth-order valence-electron chi connectivity index (χ4n) is 1.01. The fourth-order valence-corrected chi connectivity index (χ4v) is 2.02. The van der Waals surface area contributed by atoms with Crippen LogP contribution in [0.3, 0.4) is 0 Å². The van der Waals surface area contributed by atoms with E-state index in [4.69, 9.17) is 0 Å². The Kier molecular flexibility index (Phi) is 3.89. The summed E-state index contributed by atoms with van der Waals surface area (Å²) in [5.74, 6) is -3.11. The molecule has 0 aromatic heterocycles. The molecule has 0 bridgehead atoms. The molecule has 1 rings (SSSR count). The minimum Gasteiger partial charge on any atom is -0.506 e. The molecule has 0 unspecified atom stereocenters. The number of phenols is 1. The highest BCUT2D eigenvalue weighted by Crippen LogP contribution is 2.24. The average Bonchev–Trinajstić information content (AvgIpc) is 2.21. The summed E-state index contributed by atoms with van der Waals surface area (Å²) in [6.07, 6.45) is 0. The molecular formula is C9H10FNO5S. The molecule has 94 valence electrons. The molecule has 1 aromatic rings. The van der Waals surface area contributed by atoms with Gasteiger partial charge in [-0.15, -0.1) is 0 Å². The Labute approximate surface area is 97.1 Å². The second-order valence-corrected chi connectivity index (χ2v) is 4.82. The van der Waals surface area contributed by atoms with Crippen LogP contribution in [0.4, 0.5) is 10.1 Å². The zero-order chi connectivity index (χ0) is 13.1. The van der Waals surface area contributed by atoms with E-state index in [0.29, 0.717) is 0 Å². The number of aromatic hydroxyl groups is 1. The van der Waals surface area contributed by atoms with Gasteiger partial charge < -0.3 is 9.84 Å². The second-order valence-electron chi connectivity index (χ2n) is 3.10. The number of carbonyl (C=O) groups is 1. The average molecular weight is 263 g/mol. The number of methoxy groups -OCH3 is 1. The maximum atomic E-state index is 12.6. The number of nitrogens with one attached hydrogen (secondary N) is 1. The Morgan fingerprint density at radius 2 is 2.18 bits per heavy atom. The summed E-state index contributed by atoms with van der Waals surface area (Å²) < 4.78 is 41.5. The van der Waals surface area contributed by atoms with Crippen LogP contribution in [0.25, 0.3) is 0 Å². The lowest BCUT2D eigenvalue weighted by Crippen LogP contribution is -2.23. The lowest BCUT2D eigenvalue weighted by Gasteiger charge is -2.08. The molecular weight excluding hydrogens is 253 g/mol. The van der Waals surface area contributed by atoms with E-state index in [1.165, 1.54) is 0 Å². The van der Waals surface area contributed by atoms with Gasteiger partial charge in [-0.1, -0.05) is 0 Å². The van der Waals surface area contributed by atoms with Gasteiger partial charge >= 0.3 is 5.97 Å². The maximum Gasteiger partial charge on any atom is 0.322 e. The first-order valence-corrected chi connectivity index (χ1v) is 6.05. The van der Waals surface area contributed by atoms with Crippen molar-refractivity contribution in [3.63, 3.8) is 0 Å². The molecule has 0 radical (unpaired) electrons. The minimum absolute atomic E-state index is 0.213. The van der Waals surface area contributed by atoms with E-state index in [1.807, 2.05) is 4.72 Å². The van der Waals surface area contributed by atoms with Crippen molar-refractivity contribution in [3.05, 3.63) is 24.0 Å². The number of phenolic OH excluding ortho intramolecular Hbond substituents is 1. The molecule has 17 heavy (non-hydrogen) atoms. The summed E-state index contributed by atoms with van der Waals surface area (Å²) in [6.45, 7) is 0. The van der Waals surface area contributed by atoms with Gasteiger partial charge in [0, 0.05) is 6.07 Å². The number of rotatable bonds is 4. The van der Waals surface area contributed by atoms with Crippen LogP contribution in [0.15, 0.2) is 18.2 Å². The van der Waals surface area contributed by atoms with Crippen molar-refractivity contribution in [1.29, 1.82) is 0 Å². The number of sulfonamides is 1. The zero-order valence-electron chi connectivity index (χ0n) is 8.81. The highest BCUT2D eigenvalue weighted by Gasteiger charge is 2.18. The molecule has 1 aromatic carbocycles. The first-order chi connectivity index (χ1) is 7.84. The van der Waals surface area contributed by atoms with E-state index in [-0.39, 0.29) is 5.69 Å². The van der Waals surface area contributed by atoms with E-state index in [1.54, 1.807) is 0 Å². The van der Waals surface area contributed by atoms with Gasteiger partial charge in [0.2, 0.25) is 10.0 Å². The van der Waals surface area contributed by atoms with Gasteiger partial charge in [0.1, 0.15) is 11.6 Å². The van der Waals surface area contributed by atoms with Crippen LogP contribution >= 0.6 is 0 Å². The van der Waals surface area contributed by atoms with E-state index in [9.17, 15) is 22.7 Å². The molecule has 2 N–H and O–H groups in total. The van der Waals surface area contributed by atoms with E-state index < -0.39 is 33.3 Å². The zero-order valence-corrected chi connectivity index (χ0v) is 9.62. The van der Waals surface area contributed by atoms with Gasteiger partial charge in [0.15, 0.2) is 5.75 Å². The second kappa shape index (κ2) is 5.00. The molecule has 6 nitrogen and oxygen atoms in total. The third kappa shape index (κ3) is 3.91. The van der Waals surface area contributed by atoms with E-state index in [0.717, 1.165) is 25.3 Å². The van der Waals surface area contributed by atoms with E-state index >= 15 is 0 Å². The van der Waals surface area contributed by atoms with Crippen molar-refractivity contribution >= 4 is 21.7 Å². The molecule has 0 aliphatic heterocycles. The number of esters is 1. The summed E-state index contributed by atoms with van der Waals surface area (Å²) in [6, 6.07) is 2.76. The van der Waals surface area contributed by atoms with Crippen molar-refractivity contribution in [1.82, 2.24) is 0 Å². The highest BCUT2D eigenvalue weighted by atomic mass is 32.2. The Morgan fingerprint density at radius 1 is 1.53 bits per heavy atom. The van der Waals surface area contributed by atoms with Crippen molar-refractivity contribution < 1.29 is 27.4 Å². The predicted octanol–water partition coefficient (Wildman–Crippen LogP) is 0.446. The Hall–Kier alpha value is -1.83. The van der Waals surface area contributed by atoms with Gasteiger partial charge in [0.25, 0.3) is 0 Å². The summed E-state index contributed by atoms with van der Waals surface area (Å²) >= 11 is 0. The Morgan fingerprint density at radius 3 is 2.71 bits per heavy atom. The number of hydrogen-bond donors (Lipinski definition) is 2. The largest absolute Gasteiger partial charge is 0.506 e. The third-order valence-electron chi connectivity index (χ3n) is 1.76. The summed E-state index contributed by atoms with van der Waals surface area (Å²) in [5.41, 5.74) is -0.213. The maximum absolute atomic E-state index is 12.6. The van der Waals surface area contributed by atoms with Crippen molar-refractivity contribution in [2.24, 2.45) is 0 Å². The lowest BCUT2D eigenvalue weighted by molar-refractivity contribution is -0.137. The first-order valence-electron chi connectivity index (χ1n) is 4.40. The number of carbonyl (C=O) groups excluding carboxylic acids is 1. The van der Waals surface area contributed by atoms with Crippen LogP contribution in [-0.2, 0) is 19.6 Å². The van der Waals surface area contributed by atoms with Crippen LogP contribution < -0.4 is 4.72 Å². The monoisotopic (exact) mass is 263 g/mol. The fraction of sp³-hybridized carbons (Fsp3) is 0.222. The Balaban J connectivity index is 2.87. The smallest absolute Gasteiger partial charge is 0.322 e. The van der Waals surface area contributed by atoms with Crippen LogP contribution in [0.2, 0.25) is 0 Å². The molecule has 0 spiro atoms. The van der Waals surface area contributed by atoms with Crippen LogP contribution in [0.5, 0.6) is 5.75 Å². The quantitative estimate of drug-likeness (QED) is 0.607. The van der Waals surface area contributed by atoms with Crippen molar-refractivity contribution in [3.8, 4) is 5.75 Å². The standard InChI is InChI=1S/C9H10FNO5S/c1-16-9(13)5-17(14,15)11-7-3-2-6(10)4-8(7)12/h2-4,11-12H,5H2,1H3. The summed E-state index contributed by atoms with van der Waals surface area (Å²) in [7, 11) is -2.94. The molecule has 0 heterocycles. The number of hydrogen-bond acceptors (Lipinski definition) is 5. The SMILES string of the molecule is COC(=O)CS(=O)(=O)Nc1ccc(F)cc1O. The Bertz CT molecular complexity index is 528. The molecule has 8 heteroatoms. The van der Waals surface area contributed by atoms with Gasteiger partial charge in [-0.2, -0.15) is 0 Å². The van der Waals surface area contributed by atoms with Gasteiger partial charge in [-0.3, -0.25) is 9.52 Å². The first kappa shape index (κ1) is 13.2. The van der Waals surface area contributed by atoms with Crippen molar-refractivity contribution in [2.45, 2.75) is 0 Å². The van der Waals surface area contributed by atoms with Crippen molar-refractivity contribution in [2.75, 3.05) is 17.6 Å². The summed E-state index contributed by atoms with van der Waals surface area (Å²) in [5, 5.41) is 9.26. The van der Waals surface area contributed by atoms with Gasteiger partial charge in [-0.05, 0) is 12.1 Å². The molecule has 0 aliphatic rings. The van der Waals surface area contributed by atoms with Gasteiger partial charge in [-0.25, -0.2) is 12.8 Å². The summed E-state index contributed by atoms with van der Waals surface area (Å²) in [4.78, 5) is 10.8. The number of halogens is 1. The molecule has 0 saturated heterocycles. The highest BCUT2D eigenvalue weighted by molar-refractivity contribution is 7.93. The lowest BCUT2D eigenvalue weighted by atomic mass is 10.3. The topological polar surface area (TPSA) is 92.7 Å². The number of anilines is 1. The van der Waals surface area contributed by atoms with Gasteiger partial charge in [0.05, 0.1) is 12.8 Å². The molecule has 0 saturated carbocycles. The molecule has 0 aliphatic carbocycles. The normalized spacial score (nSPS) is 10.9. The molecule has 0 amide bonds. The van der Waals surface area contributed by atoms with E-state index in [2.05, 4.69) is 4.74 Å². The minimum atomic E-state index is -3.99. The molecule has 0 fully saturated rings. The third-order valence-corrected chi connectivity index (χ3v) is 2.91. The number of ether oxygens (including phenoxy) is 1. The van der Waals surface area contributed by atoms with Crippen LogP contribution in [-0.4, -0.2) is 32.4 Å². The number of benzene rings is 1. The predicted molar refractivity (Wildman–Crippen MR) is 57.5 cm³/mol. The molecule has 0 atom stereocenters. The van der Waals surface area contributed by atoms with Crippen LogP contribution in [0.1, 0.15) is 0 Å². The van der Waals surface area contributed by atoms with Crippen LogP contribution in [0, 0.1) is 5.82 Å².